The van der Waals surface area contributed by atoms with E-state index in [2.05, 4.69) is 42.5 Å². The van der Waals surface area contributed by atoms with Gasteiger partial charge < -0.3 is 0 Å². The van der Waals surface area contributed by atoms with Crippen LogP contribution in [-0.2, 0) is 0 Å². The third-order valence-electron chi connectivity index (χ3n) is 3.15. The van der Waals surface area contributed by atoms with Gasteiger partial charge in [0.2, 0.25) is 0 Å². The molecule has 1 aliphatic rings. The van der Waals surface area contributed by atoms with Gasteiger partial charge in [0.05, 0.1) is 6.07 Å². The smallest absolute Gasteiger partial charge is 0.0918 e. The lowest BCUT2D eigenvalue weighted by Crippen LogP contribution is -1.91. The summed E-state index contributed by atoms with van der Waals surface area (Å²) in [6, 6.07) is 18.5. The molecule has 2 aromatic rings. The minimum Gasteiger partial charge on any atom is -0.193 e. The van der Waals surface area contributed by atoms with Crippen molar-refractivity contribution in [2.45, 2.75) is 0 Å². The first-order valence-electron chi connectivity index (χ1n) is 5.87. The molecule has 0 saturated carbocycles. The SMILES string of the molecule is N#CC=C1c2ccccc2C=Cc2ccccc21. The summed E-state index contributed by atoms with van der Waals surface area (Å²) in [5, 5.41) is 9.01. The first-order chi connectivity index (χ1) is 8.90. The van der Waals surface area contributed by atoms with Crippen molar-refractivity contribution >= 4 is 17.7 Å². The molecule has 0 bridgehead atoms. The van der Waals surface area contributed by atoms with Gasteiger partial charge in [-0.15, -0.1) is 0 Å². The minimum atomic E-state index is 0.994. The van der Waals surface area contributed by atoms with Crippen LogP contribution >= 0.6 is 0 Å². The third kappa shape index (κ3) is 1.65. The molecule has 2 aromatic carbocycles. The predicted octanol–water partition coefficient (Wildman–Crippen LogP) is 4.13. The molecule has 0 aromatic heterocycles. The number of nitrogens with zero attached hydrogens (tertiary/aromatic N) is 1. The molecule has 84 valence electrons. The zero-order valence-corrected chi connectivity index (χ0v) is 9.80. The van der Waals surface area contributed by atoms with E-state index in [4.69, 9.17) is 5.26 Å². The van der Waals surface area contributed by atoms with Crippen LogP contribution in [-0.4, -0.2) is 0 Å². The fourth-order valence-corrected chi connectivity index (χ4v) is 2.32. The Hall–Kier alpha value is -2.59. The van der Waals surface area contributed by atoms with Crippen LogP contribution in [0.25, 0.3) is 17.7 Å². The number of fused-ring (bicyclic) bond motifs is 2. The number of allylic oxidation sites excluding steroid dienone is 1. The highest BCUT2D eigenvalue weighted by molar-refractivity contribution is 5.94. The van der Waals surface area contributed by atoms with Crippen molar-refractivity contribution < 1.29 is 0 Å². The van der Waals surface area contributed by atoms with Gasteiger partial charge in [0.15, 0.2) is 0 Å². The van der Waals surface area contributed by atoms with Crippen molar-refractivity contribution in [3.05, 3.63) is 76.9 Å². The van der Waals surface area contributed by atoms with Crippen LogP contribution < -0.4 is 0 Å². The number of hydrogen-bond donors (Lipinski definition) is 0. The van der Waals surface area contributed by atoms with E-state index >= 15 is 0 Å². The van der Waals surface area contributed by atoms with Crippen LogP contribution in [0.1, 0.15) is 22.3 Å². The molecule has 0 amide bonds. The lowest BCUT2D eigenvalue weighted by Gasteiger charge is -2.09. The van der Waals surface area contributed by atoms with Gasteiger partial charge >= 0.3 is 0 Å². The summed E-state index contributed by atoms with van der Waals surface area (Å²) < 4.78 is 0. The first kappa shape index (κ1) is 10.6. The van der Waals surface area contributed by atoms with Gasteiger partial charge in [-0.2, -0.15) is 5.26 Å². The molecule has 1 aliphatic carbocycles. The van der Waals surface area contributed by atoms with E-state index in [1.165, 1.54) is 0 Å². The number of nitriles is 1. The summed E-state index contributed by atoms with van der Waals surface area (Å²) >= 11 is 0. The molecule has 0 N–H and O–H groups in total. The fourth-order valence-electron chi connectivity index (χ4n) is 2.32. The second-order valence-corrected chi connectivity index (χ2v) is 4.19. The van der Waals surface area contributed by atoms with Crippen molar-refractivity contribution in [3.63, 3.8) is 0 Å². The summed E-state index contributed by atoms with van der Waals surface area (Å²) in [7, 11) is 0. The molecular formula is C17H11N. The number of rotatable bonds is 0. The van der Waals surface area contributed by atoms with E-state index in [0.29, 0.717) is 0 Å². The quantitative estimate of drug-likeness (QED) is 0.532. The topological polar surface area (TPSA) is 23.8 Å². The number of benzene rings is 2. The molecule has 0 fully saturated rings. The highest BCUT2D eigenvalue weighted by Gasteiger charge is 2.13. The molecule has 0 spiro atoms. The maximum atomic E-state index is 9.01. The van der Waals surface area contributed by atoms with E-state index in [1.54, 1.807) is 6.08 Å². The zero-order valence-electron chi connectivity index (χ0n) is 9.80. The molecule has 0 atom stereocenters. The Balaban J connectivity index is 2.35. The van der Waals surface area contributed by atoms with Crippen molar-refractivity contribution in [2.24, 2.45) is 0 Å². The van der Waals surface area contributed by atoms with Crippen LogP contribution in [0, 0.1) is 11.3 Å². The fraction of sp³-hybridized carbons (Fsp3) is 0. The van der Waals surface area contributed by atoms with Gasteiger partial charge in [0.25, 0.3) is 0 Å². The Morgan fingerprint density at radius 1 is 0.778 bits per heavy atom. The monoisotopic (exact) mass is 229 g/mol. The first-order valence-corrected chi connectivity index (χ1v) is 5.87. The van der Waals surface area contributed by atoms with Crippen LogP contribution in [0.3, 0.4) is 0 Å². The lowest BCUT2D eigenvalue weighted by molar-refractivity contribution is 1.50. The minimum absolute atomic E-state index is 0.994. The Bertz CT molecular complexity index is 648. The highest BCUT2D eigenvalue weighted by atomic mass is 14.2. The molecule has 1 nitrogen and oxygen atoms in total. The molecular weight excluding hydrogens is 218 g/mol. The van der Waals surface area contributed by atoms with Gasteiger partial charge in [0, 0.05) is 11.6 Å². The summed E-state index contributed by atoms with van der Waals surface area (Å²) in [6.45, 7) is 0. The lowest BCUT2D eigenvalue weighted by atomic mass is 9.93. The molecule has 0 unspecified atom stereocenters. The van der Waals surface area contributed by atoms with Gasteiger partial charge in [-0.3, -0.25) is 0 Å². The number of hydrogen-bond acceptors (Lipinski definition) is 1. The average Bonchev–Trinajstić information content (AvgIpc) is 2.58. The van der Waals surface area contributed by atoms with Crippen molar-refractivity contribution in [1.29, 1.82) is 5.26 Å². The van der Waals surface area contributed by atoms with E-state index in [0.717, 1.165) is 27.8 Å². The van der Waals surface area contributed by atoms with Gasteiger partial charge in [-0.1, -0.05) is 60.7 Å². The van der Waals surface area contributed by atoms with E-state index in [-0.39, 0.29) is 0 Å². The molecule has 0 saturated heterocycles. The van der Waals surface area contributed by atoms with Gasteiger partial charge in [-0.25, -0.2) is 0 Å². The van der Waals surface area contributed by atoms with Gasteiger partial charge in [-0.05, 0) is 22.3 Å². The Morgan fingerprint density at radius 2 is 1.28 bits per heavy atom. The second-order valence-electron chi connectivity index (χ2n) is 4.19. The average molecular weight is 229 g/mol. The molecule has 0 radical (unpaired) electrons. The van der Waals surface area contributed by atoms with Crippen LogP contribution in [0.2, 0.25) is 0 Å². The molecule has 1 heteroatoms. The van der Waals surface area contributed by atoms with Crippen LogP contribution in [0.4, 0.5) is 0 Å². The molecule has 0 heterocycles. The maximum Gasteiger partial charge on any atom is 0.0918 e. The van der Waals surface area contributed by atoms with E-state index in [9.17, 15) is 0 Å². The standard InChI is InChI=1S/C17H11N/c18-12-11-17-15-7-3-1-5-13(15)9-10-14-6-2-4-8-16(14)17/h1-11H. The largest absolute Gasteiger partial charge is 0.193 e. The van der Waals surface area contributed by atoms with Crippen molar-refractivity contribution in [3.8, 4) is 6.07 Å². The zero-order chi connectivity index (χ0) is 12.4. The van der Waals surface area contributed by atoms with E-state index < -0.39 is 0 Å². The molecule has 0 aliphatic heterocycles. The summed E-state index contributed by atoms with van der Waals surface area (Å²) in [6.07, 6.45) is 5.84. The van der Waals surface area contributed by atoms with Gasteiger partial charge in [0.1, 0.15) is 0 Å². The summed E-state index contributed by atoms with van der Waals surface area (Å²) in [5.41, 5.74) is 5.51. The van der Waals surface area contributed by atoms with Crippen LogP contribution in [0.5, 0.6) is 0 Å². The normalized spacial score (nSPS) is 12.1. The van der Waals surface area contributed by atoms with Crippen molar-refractivity contribution in [1.82, 2.24) is 0 Å². The summed E-state index contributed by atoms with van der Waals surface area (Å²) in [4.78, 5) is 0. The summed E-state index contributed by atoms with van der Waals surface area (Å²) in [5.74, 6) is 0. The van der Waals surface area contributed by atoms with E-state index in [1.807, 2.05) is 24.3 Å². The Labute approximate surface area is 106 Å². The predicted molar refractivity (Wildman–Crippen MR) is 74.5 cm³/mol. The Kier molecular flexibility index (Phi) is 2.55. The molecule has 3 rings (SSSR count). The third-order valence-corrected chi connectivity index (χ3v) is 3.15. The van der Waals surface area contributed by atoms with Crippen LogP contribution in [0.15, 0.2) is 54.6 Å². The second kappa shape index (κ2) is 4.35. The Morgan fingerprint density at radius 3 is 1.78 bits per heavy atom. The maximum absolute atomic E-state index is 9.01. The van der Waals surface area contributed by atoms with Crippen molar-refractivity contribution in [2.75, 3.05) is 0 Å². The molecule has 18 heavy (non-hydrogen) atoms. The highest BCUT2D eigenvalue weighted by Crippen LogP contribution is 2.33.